The molecule has 0 aliphatic heterocycles. The Morgan fingerprint density at radius 2 is 1.70 bits per heavy atom. The first-order chi connectivity index (χ1) is 21.0. The third-order valence-corrected chi connectivity index (χ3v) is 7.63. The van der Waals surface area contributed by atoms with Gasteiger partial charge in [0.25, 0.3) is 0 Å². The van der Waals surface area contributed by atoms with Gasteiger partial charge in [0, 0.05) is 34.5 Å². The zero-order chi connectivity index (χ0) is 29.5. The number of benzene rings is 4. The molecular formula is C37H30N4OPt. The van der Waals surface area contributed by atoms with Crippen LogP contribution in [0.3, 0.4) is 0 Å². The maximum absolute atomic E-state index is 8.24. The van der Waals surface area contributed by atoms with E-state index in [0.717, 1.165) is 68.7 Å². The Hall–Kier alpha value is -4.47. The van der Waals surface area contributed by atoms with E-state index >= 15 is 0 Å². The minimum atomic E-state index is 0. The quantitative estimate of drug-likeness (QED) is 0.153. The van der Waals surface area contributed by atoms with Gasteiger partial charge in [-0.05, 0) is 60.7 Å². The number of aromatic nitrogens is 4. The molecule has 0 N–H and O–H groups in total. The molecule has 6 heteroatoms. The van der Waals surface area contributed by atoms with Crippen molar-refractivity contribution in [2.24, 2.45) is 0 Å². The predicted molar refractivity (Wildman–Crippen MR) is 169 cm³/mol. The molecule has 214 valence electrons. The summed E-state index contributed by atoms with van der Waals surface area (Å²) in [6.07, 6.45) is 3.90. The molecular weight excluding hydrogens is 712 g/mol. The average molecular weight is 743 g/mol. The van der Waals surface area contributed by atoms with Gasteiger partial charge in [-0.3, -0.25) is 4.68 Å². The Morgan fingerprint density at radius 1 is 0.860 bits per heavy atom. The predicted octanol–water partition coefficient (Wildman–Crippen LogP) is 8.99. The molecule has 0 spiro atoms. The van der Waals surface area contributed by atoms with Crippen LogP contribution in [0.4, 0.5) is 0 Å². The van der Waals surface area contributed by atoms with Gasteiger partial charge in [-0.2, -0.15) is 17.2 Å². The molecule has 0 unspecified atom stereocenters. The number of aryl methyl sites for hydroxylation is 2. The topological polar surface area (TPSA) is 44.9 Å². The maximum Gasteiger partial charge on any atom is 2.00 e. The van der Waals surface area contributed by atoms with Gasteiger partial charge in [0.1, 0.15) is 5.82 Å². The second-order valence-corrected chi connectivity index (χ2v) is 10.5. The third-order valence-electron chi connectivity index (χ3n) is 7.63. The molecule has 0 saturated heterocycles. The van der Waals surface area contributed by atoms with E-state index < -0.39 is 0 Å². The molecule has 5 nitrogen and oxygen atoms in total. The largest absolute Gasteiger partial charge is 2.00 e. The smallest absolute Gasteiger partial charge is 0.509 e. The van der Waals surface area contributed by atoms with E-state index in [-0.39, 0.29) is 21.1 Å². The molecule has 7 aromatic rings. The summed E-state index contributed by atoms with van der Waals surface area (Å²) in [7, 11) is 0. The zero-order valence-corrected chi connectivity index (χ0v) is 26.4. The molecule has 3 heterocycles. The van der Waals surface area contributed by atoms with Gasteiger partial charge in [0.15, 0.2) is 0 Å². The summed E-state index contributed by atoms with van der Waals surface area (Å²) < 4.78 is 18.6. The Labute approximate surface area is 267 Å². The van der Waals surface area contributed by atoms with E-state index in [9.17, 15) is 0 Å². The summed E-state index contributed by atoms with van der Waals surface area (Å²) in [5, 5.41) is 6.82. The molecule has 0 radical (unpaired) electrons. The van der Waals surface area contributed by atoms with Crippen LogP contribution in [0.1, 0.15) is 31.7 Å². The van der Waals surface area contributed by atoms with Gasteiger partial charge in [0.2, 0.25) is 0 Å². The Balaban J connectivity index is 0.00000343. The number of fused-ring (bicyclic) bond motifs is 3. The molecule has 43 heavy (non-hydrogen) atoms. The van der Waals surface area contributed by atoms with E-state index in [0.29, 0.717) is 17.5 Å². The number of ether oxygens (including phenoxy) is 1. The second kappa shape index (κ2) is 12.0. The second-order valence-electron chi connectivity index (χ2n) is 10.5. The van der Waals surface area contributed by atoms with Gasteiger partial charge in [-0.25, -0.2) is 4.98 Å². The van der Waals surface area contributed by atoms with Crippen molar-refractivity contribution in [2.45, 2.75) is 33.6 Å². The van der Waals surface area contributed by atoms with Crippen LogP contribution in [-0.4, -0.2) is 19.3 Å². The molecule has 0 fully saturated rings. The summed E-state index contributed by atoms with van der Waals surface area (Å²) in [5.41, 5.74) is 8.13. The number of pyridine rings is 1. The maximum atomic E-state index is 8.24. The van der Waals surface area contributed by atoms with Crippen molar-refractivity contribution in [1.29, 1.82) is 0 Å². The van der Waals surface area contributed by atoms with Gasteiger partial charge < -0.3 is 9.30 Å². The molecule has 0 saturated carbocycles. The van der Waals surface area contributed by atoms with Gasteiger partial charge in [-0.1, -0.05) is 67.4 Å². The molecule has 0 aliphatic carbocycles. The van der Waals surface area contributed by atoms with E-state index in [1.165, 1.54) is 5.56 Å². The standard InChI is InChI=1S/C37H30N4O.Pt/c1-4-11-27-20-21-38-36(22-27)40-34-17-9-8-16-32(34)33-19-18-31(24-35(33)40)42-30-15-10-14-29(23-30)41-26(3)37(25(2)39-41)28-12-6-5-7-13-28;/h5-10,12-22H,4,11H2,1-3H3;/q-2;+2/i8D;. The normalized spacial score (nSPS) is 11.5. The monoisotopic (exact) mass is 742 g/mol. The van der Waals surface area contributed by atoms with E-state index in [1.54, 1.807) is 0 Å². The van der Waals surface area contributed by atoms with Crippen LogP contribution < -0.4 is 4.74 Å². The van der Waals surface area contributed by atoms with Crippen LogP contribution in [-0.2, 0) is 27.5 Å². The molecule has 0 amide bonds. The van der Waals surface area contributed by atoms with E-state index in [2.05, 4.69) is 54.8 Å². The first kappa shape index (κ1) is 27.4. The SMILES string of the molecule is [2H]c1ccc2c(c1)c1ccc(Oc3[c-]c(-n4nc(C)c(-c5ccccc5)c4C)ccc3)[c-]c1n2-c1cc(CCC)ccn1.[Pt+2]. The molecule has 0 atom stereocenters. The molecule has 7 rings (SSSR count). The number of hydrogen-bond donors (Lipinski definition) is 0. The van der Waals surface area contributed by atoms with Crippen molar-refractivity contribution in [2.75, 3.05) is 0 Å². The average Bonchev–Trinajstić information content (AvgIpc) is 3.50. The first-order valence-corrected chi connectivity index (χ1v) is 14.2. The summed E-state index contributed by atoms with van der Waals surface area (Å²) >= 11 is 0. The third kappa shape index (κ3) is 5.30. The van der Waals surface area contributed by atoms with Gasteiger partial charge in [0.05, 0.1) is 7.06 Å². The Bertz CT molecular complexity index is 2120. The number of nitrogens with zero attached hydrogens (tertiary/aromatic N) is 4. The first-order valence-electron chi connectivity index (χ1n) is 14.7. The molecule has 0 aliphatic rings. The van der Waals surface area contributed by atoms with Crippen LogP contribution in [0.5, 0.6) is 11.5 Å². The van der Waals surface area contributed by atoms with Crippen molar-refractivity contribution in [1.82, 2.24) is 19.3 Å². The summed E-state index contributed by atoms with van der Waals surface area (Å²) in [6, 6.07) is 37.4. The molecule has 3 aromatic heterocycles. The Morgan fingerprint density at radius 3 is 2.53 bits per heavy atom. The fourth-order valence-corrected chi connectivity index (χ4v) is 5.77. The van der Waals surface area contributed by atoms with Crippen LogP contribution in [0, 0.1) is 26.0 Å². The van der Waals surface area contributed by atoms with Crippen LogP contribution in [0.25, 0.3) is 44.4 Å². The van der Waals surface area contributed by atoms with Gasteiger partial charge in [-0.15, -0.1) is 35.7 Å². The van der Waals surface area contributed by atoms with Crippen LogP contribution in [0.2, 0.25) is 0 Å². The van der Waals surface area contributed by atoms with E-state index in [1.807, 2.05) is 84.5 Å². The fraction of sp³-hybridized carbons (Fsp3) is 0.135. The number of para-hydroxylation sites is 1. The van der Waals surface area contributed by atoms with Gasteiger partial charge >= 0.3 is 21.1 Å². The van der Waals surface area contributed by atoms with Crippen molar-refractivity contribution < 1.29 is 27.2 Å². The summed E-state index contributed by atoms with van der Waals surface area (Å²) in [5.74, 6) is 1.96. The van der Waals surface area contributed by atoms with E-state index in [4.69, 9.17) is 16.2 Å². The van der Waals surface area contributed by atoms with Crippen molar-refractivity contribution in [3.05, 3.63) is 132 Å². The Kier molecular flexibility index (Phi) is 7.65. The summed E-state index contributed by atoms with van der Waals surface area (Å²) in [4.78, 5) is 4.72. The van der Waals surface area contributed by atoms with Crippen molar-refractivity contribution in [3.63, 3.8) is 0 Å². The summed E-state index contributed by atoms with van der Waals surface area (Å²) in [6.45, 7) is 6.29. The number of rotatable bonds is 7. The van der Waals surface area contributed by atoms with Crippen LogP contribution in [0.15, 0.2) is 103 Å². The minimum Gasteiger partial charge on any atom is -0.509 e. The van der Waals surface area contributed by atoms with Crippen LogP contribution >= 0.6 is 0 Å². The molecule has 0 bridgehead atoms. The minimum absolute atomic E-state index is 0. The van der Waals surface area contributed by atoms with Crippen molar-refractivity contribution >= 4 is 21.8 Å². The zero-order valence-electron chi connectivity index (χ0n) is 25.2. The number of hydrogen-bond acceptors (Lipinski definition) is 3. The fourth-order valence-electron chi connectivity index (χ4n) is 5.77. The molecule has 4 aromatic carbocycles. The van der Waals surface area contributed by atoms with Crippen molar-refractivity contribution in [3.8, 4) is 34.1 Å².